The van der Waals surface area contributed by atoms with Crippen LogP contribution in [0.25, 0.3) is 0 Å². The zero-order valence-corrected chi connectivity index (χ0v) is 10.7. The van der Waals surface area contributed by atoms with E-state index in [4.69, 9.17) is 0 Å². The van der Waals surface area contributed by atoms with Crippen molar-refractivity contribution >= 4 is 5.91 Å². The van der Waals surface area contributed by atoms with Crippen molar-refractivity contribution in [2.45, 2.75) is 6.42 Å². The summed E-state index contributed by atoms with van der Waals surface area (Å²) in [5.41, 5.74) is 1.87. The van der Waals surface area contributed by atoms with Crippen molar-refractivity contribution in [3.63, 3.8) is 0 Å². The Morgan fingerprint density at radius 1 is 1.06 bits per heavy atom. The molecule has 1 heterocycles. The van der Waals surface area contributed by atoms with E-state index in [-0.39, 0.29) is 23.0 Å². The summed E-state index contributed by atoms with van der Waals surface area (Å²) >= 11 is 0. The summed E-state index contributed by atoms with van der Waals surface area (Å²) < 4.78 is 0. The van der Waals surface area contributed by atoms with Crippen LogP contribution in [0.1, 0.15) is 15.9 Å². The molecule has 1 radical (unpaired) electrons. The maximum Gasteiger partial charge on any atom is 0.251 e. The third-order valence-corrected chi connectivity index (χ3v) is 2.48. The quantitative estimate of drug-likeness (QED) is 0.876. The van der Waals surface area contributed by atoms with Crippen molar-refractivity contribution in [3.8, 4) is 0 Å². The average molecular weight is 290 g/mol. The van der Waals surface area contributed by atoms with E-state index < -0.39 is 0 Å². The predicted octanol–water partition coefficient (Wildman–Crippen LogP) is 2.05. The van der Waals surface area contributed by atoms with Crippen LogP contribution in [0.2, 0.25) is 0 Å². The van der Waals surface area contributed by atoms with E-state index >= 15 is 0 Å². The third-order valence-electron chi connectivity index (χ3n) is 2.48. The van der Waals surface area contributed by atoms with Gasteiger partial charge in [-0.2, -0.15) is 0 Å². The predicted molar refractivity (Wildman–Crippen MR) is 66.7 cm³/mol. The molecular weight excluding hydrogens is 276 g/mol. The molecule has 0 saturated heterocycles. The molecule has 0 fully saturated rings. The van der Waals surface area contributed by atoms with Gasteiger partial charge in [-0.1, -0.05) is 30.3 Å². The number of aromatic nitrogens is 1. The molecule has 1 aromatic heterocycles. The molecule has 1 N–H and O–H groups in total. The van der Waals surface area contributed by atoms with E-state index in [2.05, 4.69) is 22.4 Å². The van der Waals surface area contributed by atoms with Gasteiger partial charge >= 0.3 is 0 Å². The zero-order valence-electron chi connectivity index (χ0n) is 9.77. The number of benzene rings is 1. The molecule has 3 nitrogen and oxygen atoms in total. The van der Waals surface area contributed by atoms with E-state index in [1.54, 1.807) is 24.5 Å². The van der Waals surface area contributed by atoms with Crippen LogP contribution < -0.4 is 5.32 Å². The van der Waals surface area contributed by atoms with Gasteiger partial charge in [0.2, 0.25) is 0 Å². The Kier molecular flexibility index (Phi) is 6.12. The van der Waals surface area contributed by atoms with E-state index in [0.717, 1.165) is 6.42 Å². The van der Waals surface area contributed by atoms with Crippen LogP contribution in [0.4, 0.5) is 0 Å². The van der Waals surface area contributed by atoms with Crippen LogP contribution in [0.3, 0.4) is 0 Å². The molecule has 0 aliphatic heterocycles. The summed E-state index contributed by atoms with van der Waals surface area (Å²) in [6.07, 6.45) is 4.08. The third kappa shape index (κ3) is 4.32. The molecule has 0 aliphatic rings. The number of hydrogen-bond donors (Lipinski definition) is 1. The molecule has 0 spiro atoms. The number of carbonyl (C=O) groups excluding carboxylic acids is 1. The topological polar surface area (TPSA) is 42.0 Å². The second-order valence-electron chi connectivity index (χ2n) is 3.73. The minimum Gasteiger partial charge on any atom is -0.352 e. The van der Waals surface area contributed by atoms with Crippen LogP contribution in [0.15, 0.2) is 54.9 Å². The van der Waals surface area contributed by atoms with Gasteiger partial charge in [0.1, 0.15) is 0 Å². The van der Waals surface area contributed by atoms with Gasteiger partial charge in [0.15, 0.2) is 0 Å². The molecular formula is C14H14CuN2O. The maximum atomic E-state index is 11.7. The van der Waals surface area contributed by atoms with Crippen LogP contribution in [0, 0.1) is 0 Å². The molecule has 1 aromatic carbocycles. The SMILES string of the molecule is O=C(NCCc1ccccc1)c1ccncc1.[Cu]. The molecule has 18 heavy (non-hydrogen) atoms. The molecule has 0 aliphatic carbocycles. The zero-order chi connectivity index (χ0) is 11.9. The second-order valence-corrected chi connectivity index (χ2v) is 3.73. The van der Waals surface area contributed by atoms with Crippen molar-refractivity contribution in [1.82, 2.24) is 10.3 Å². The number of amides is 1. The van der Waals surface area contributed by atoms with Crippen molar-refractivity contribution in [2.75, 3.05) is 6.54 Å². The normalized spacial score (nSPS) is 9.33. The van der Waals surface area contributed by atoms with Gasteiger partial charge in [0.05, 0.1) is 0 Å². The molecule has 0 bridgehead atoms. The van der Waals surface area contributed by atoms with E-state index in [9.17, 15) is 4.79 Å². The number of hydrogen-bond acceptors (Lipinski definition) is 2. The first-order chi connectivity index (χ1) is 8.36. The van der Waals surface area contributed by atoms with Crippen LogP contribution in [-0.4, -0.2) is 17.4 Å². The average Bonchev–Trinajstić information content (AvgIpc) is 2.41. The Labute approximate surface area is 117 Å². The summed E-state index contributed by atoms with van der Waals surface area (Å²) in [5.74, 6) is -0.0525. The minimum absolute atomic E-state index is 0. The molecule has 0 atom stereocenters. The van der Waals surface area contributed by atoms with Gasteiger partial charge in [-0.25, -0.2) is 0 Å². The fourth-order valence-corrected chi connectivity index (χ4v) is 1.57. The van der Waals surface area contributed by atoms with Crippen LogP contribution >= 0.6 is 0 Å². The number of nitrogens with one attached hydrogen (secondary N) is 1. The van der Waals surface area contributed by atoms with Crippen molar-refractivity contribution in [1.29, 1.82) is 0 Å². The summed E-state index contributed by atoms with van der Waals surface area (Å²) in [5, 5.41) is 2.88. The van der Waals surface area contributed by atoms with E-state index in [0.29, 0.717) is 12.1 Å². The Morgan fingerprint density at radius 2 is 1.72 bits per heavy atom. The van der Waals surface area contributed by atoms with Gasteiger partial charge in [0, 0.05) is 41.6 Å². The molecule has 0 unspecified atom stereocenters. The minimum atomic E-state index is -0.0525. The molecule has 4 heteroatoms. The van der Waals surface area contributed by atoms with Crippen molar-refractivity contribution < 1.29 is 21.9 Å². The molecule has 0 saturated carbocycles. The Hall–Kier alpha value is -1.64. The second kappa shape index (κ2) is 7.64. The fourth-order valence-electron chi connectivity index (χ4n) is 1.57. The van der Waals surface area contributed by atoms with Gasteiger partial charge in [-0.05, 0) is 24.1 Å². The van der Waals surface area contributed by atoms with Gasteiger partial charge in [-0.3, -0.25) is 9.78 Å². The van der Waals surface area contributed by atoms with Crippen molar-refractivity contribution in [3.05, 3.63) is 66.0 Å². The number of carbonyl (C=O) groups is 1. The first kappa shape index (κ1) is 14.4. The smallest absolute Gasteiger partial charge is 0.251 e. The van der Waals surface area contributed by atoms with Crippen molar-refractivity contribution in [2.24, 2.45) is 0 Å². The number of pyridine rings is 1. The Morgan fingerprint density at radius 3 is 2.39 bits per heavy atom. The molecule has 2 aromatic rings. The van der Waals surface area contributed by atoms with Gasteiger partial charge in [0.25, 0.3) is 5.91 Å². The first-order valence-electron chi connectivity index (χ1n) is 5.58. The summed E-state index contributed by atoms with van der Waals surface area (Å²) in [4.78, 5) is 15.6. The summed E-state index contributed by atoms with van der Waals surface area (Å²) in [6.45, 7) is 0.644. The molecule has 1 amide bonds. The summed E-state index contributed by atoms with van der Waals surface area (Å²) in [6, 6.07) is 13.5. The molecule has 97 valence electrons. The van der Waals surface area contributed by atoms with Gasteiger partial charge < -0.3 is 5.32 Å². The fraction of sp³-hybridized carbons (Fsp3) is 0.143. The van der Waals surface area contributed by atoms with E-state index in [1.165, 1.54) is 5.56 Å². The standard InChI is InChI=1S/C14H14N2O.Cu/c17-14(13-7-9-15-10-8-13)16-11-6-12-4-2-1-3-5-12;/h1-5,7-10H,6,11H2,(H,16,17);. The monoisotopic (exact) mass is 289 g/mol. The number of nitrogens with zero attached hydrogens (tertiary/aromatic N) is 1. The summed E-state index contributed by atoms with van der Waals surface area (Å²) in [7, 11) is 0. The van der Waals surface area contributed by atoms with Crippen LogP contribution in [0.5, 0.6) is 0 Å². The van der Waals surface area contributed by atoms with Gasteiger partial charge in [-0.15, -0.1) is 0 Å². The van der Waals surface area contributed by atoms with E-state index in [1.807, 2.05) is 18.2 Å². The molecule has 2 rings (SSSR count). The maximum absolute atomic E-state index is 11.7. The first-order valence-corrected chi connectivity index (χ1v) is 5.58. The Bertz CT molecular complexity index is 474. The van der Waals surface area contributed by atoms with Crippen LogP contribution in [-0.2, 0) is 23.5 Å². The number of rotatable bonds is 4. The Balaban J connectivity index is 0.00000162. The largest absolute Gasteiger partial charge is 0.352 e.